The van der Waals surface area contributed by atoms with Crippen LogP contribution in [0.3, 0.4) is 0 Å². The number of nitrogens with one attached hydrogen (secondary N) is 2. The normalized spacial score (nSPS) is 14.7. The van der Waals surface area contributed by atoms with Crippen LogP contribution in [0.4, 0.5) is 0 Å². The monoisotopic (exact) mass is 509 g/mol. The zero-order valence-corrected chi connectivity index (χ0v) is 21.9. The minimum atomic E-state index is -0.763. The second kappa shape index (κ2) is 12.0. The van der Waals surface area contributed by atoms with Gasteiger partial charge in [-0.2, -0.15) is 0 Å². The first-order valence-electron chi connectivity index (χ1n) is 13.5. The molecule has 1 aliphatic carbocycles. The lowest BCUT2D eigenvalue weighted by Crippen LogP contribution is -2.47. The van der Waals surface area contributed by atoms with E-state index in [1.807, 2.05) is 85.1 Å². The van der Waals surface area contributed by atoms with E-state index in [1.54, 1.807) is 12.0 Å². The maximum absolute atomic E-state index is 14.2. The van der Waals surface area contributed by atoms with Gasteiger partial charge in [-0.1, -0.05) is 86.0 Å². The number of benzene rings is 3. The zero-order valence-electron chi connectivity index (χ0n) is 21.9. The van der Waals surface area contributed by atoms with E-state index < -0.39 is 6.04 Å². The van der Waals surface area contributed by atoms with E-state index in [9.17, 15) is 9.59 Å². The fourth-order valence-corrected chi connectivity index (χ4v) is 5.52. The molecule has 1 atom stereocenters. The zero-order chi connectivity index (χ0) is 26.3. The number of carbonyl (C=O) groups is 2. The highest BCUT2D eigenvalue weighted by molar-refractivity contribution is 5.92. The van der Waals surface area contributed by atoms with Gasteiger partial charge < -0.3 is 19.9 Å². The van der Waals surface area contributed by atoms with E-state index in [1.165, 1.54) is 6.42 Å². The Labute approximate surface area is 224 Å². The molecule has 0 spiro atoms. The number of amides is 2. The lowest BCUT2D eigenvalue weighted by Gasteiger charge is -2.34. The van der Waals surface area contributed by atoms with Gasteiger partial charge in [0.15, 0.2) is 0 Å². The third kappa shape index (κ3) is 5.75. The molecule has 0 aliphatic heterocycles. The third-order valence-corrected chi connectivity index (χ3v) is 7.50. The Morgan fingerprint density at radius 1 is 0.921 bits per heavy atom. The van der Waals surface area contributed by atoms with Gasteiger partial charge in [0.1, 0.15) is 11.8 Å². The minimum Gasteiger partial charge on any atom is -0.496 e. The predicted molar refractivity (Wildman–Crippen MR) is 150 cm³/mol. The van der Waals surface area contributed by atoms with Crippen LogP contribution in [0, 0.1) is 0 Å². The number of ether oxygens (including phenoxy) is 1. The molecule has 0 saturated heterocycles. The summed E-state index contributed by atoms with van der Waals surface area (Å²) in [6, 6.07) is 24.6. The van der Waals surface area contributed by atoms with Crippen molar-refractivity contribution < 1.29 is 14.3 Å². The van der Waals surface area contributed by atoms with E-state index in [0.29, 0.717) is 5.75 Å². The second-order valence-corrected chi connectivity index (χ2v) is 10.0. The Morgan fingerprint density at radius 2 is 1.63 bits per heavy atom. The number of hydrogen-bond acceptors (Lipinski definition) is 3. The SMILES string of the molecule is COc1ccccc1CN(C(=O)Cc1c[nH]c2ccccc12)C(C(=O)NC1CCCCC1)c1ccccc1. The number of aromatic amines is 1. The van der Waals surface area contributed by atoms with Crippen LogP contribution < -0.4 is 10.1 Å². The van der Waals surface area contributed by atoms with Gasteiger partial charge in [0.05, 0.1) is 20.1 Å². The first-order valence-corrected chi connectivity index (χ1v) is 13.5. The summed E-state index contributed by atoms with van der Waals surface area (Å²) < 4.78 is 5.61. The molecule has 1 aliphatic rings. The largest absolute Gasteiger partial charge is 0.496 e. The molecular weight excluding hydrogens is 474 g/mol. The molecule has 6 heteroatoms. The van der Waals surface area contributed by atoms with Crippen LogP contribution >= 0.6 is 0 Å². The first kappa shape index (κ1) is 25.6. The summed E-state index contributed by atoms with van der Waals surface area (Å²) in [5, 5.41) is 4.30. The summed E-state index contributed by atoms with van der Waals surface area (Å²) in [5.41, 5.74) is 3.55. The Bertz CT molecular complexity index is 1380. The van der Waals surface area contributed by atoms with Crippen molar-refractivity contribution in [2.24, 2.45) is 0 Å². The van der Waals surface area contributed by atoms with E-state index in [0.717, 1.165) is 53.3 Å². The molecule has 4 aromatic rings. The third-order valence-electron chi connectivity index (χ3n) is 7.50. The quantitative estimate of drug-likeness (QED) is 0.293. The second-order valence-electron chi connectivity index (χ2n) is 10.0. The van der Waals surface area contributed by atoms with Crippen LogP contribution in [0.2, 0.25) is 0 Å². The molecule has 1 aromatic heterocycles. The van der Waals surface area contributed by atoms with E-state index in [-0.39, 0.29) is 30.8 Å². The summed E-state index contributed by atoms with van der Waals surface area (Å²) in [4.78, 5) is 33.1. The number of nitrogens with zero attached hydrogens (tertiary/aromatic N) is 1. The summed E-state index contributed by atoms with van der Waals surface area (Å²) in [7, 11) is 1.63. The van der Waals surface area contributed by atoms with Crippen molar-refractivity contribution in [2.75, 3.05) is 7.11 Å². The van der Waals surface area contributed by atoms with Crippen molar-refractivity contribution in [3.05, 3.63) is 102 Å². The number of H-pyrrole nitrogens is 1. The topological polar surface area (TPSA) is 74.4 Å². The van der Waals surface area contributed by atoms with Gasteiger partial charge in [0.2, 0.25) is 11.8 Å². The van der Waals surface area contributed by atoms with Crippen LogP contribution in [0.5, 0.6) is 5.75 Å². The van der Waals surface area contributed by atoms with Crippen LogP contribution in [0.15, 0.2) is 85.1 Å². The molecule has 1 heterocycles. The summed E-state index contributed by atoms with van der Waals surface area (Å²) in [6.45, 7) is 0.253. The Morgan fingerprint density at radius 3 is 2.42 bits per heavy atom. The maximum atomic E-state index is 14.2. The van der Waals surface area contributed by atoms with Gasteiger partial charge in [-0.05, 0) is 36.1 Å². The first-order chi connectivity index (χ1) is 18.6. The molecule has 2 N–H and O–H groups in total. The molecular formula is C32H35N3O3. The van der Waals surface area contributed by atoms with Crippen LogP contribution in [-0.2, 0) is 22.6 Å². The predicted octanol–water partition coefficient (Wildman–Crippen LogP) is 5.94. The number of methoxy groups -OCH3 is 1. The highest BCUT2D eigenvalue weighted by atomic mass is 16.5. The van der Waals surface area contributed by atoms with Crippen molar-refractivity contribution in [1.82, 2.24) is 15.2 Å². The number of rotatable bonds is 9. The maximum Gasteiger partial charge on any atom is 0.247 e. The van der Waals surface area contributed by atoms with Gasteiger partial charge >= 0.3 is 0 Å². The lowest BCUT2D eigenvalue weighted by atomic mass is 9.94. The Balaban J connectivity index is 1.52. The summed E-state index contributed by atoms with van der Waals surface area (Å²) in [6.07, 6.45) is 7.46. The highest BCUT2D eigenvalue weighted by Crippen LogP contribution is 2.30. The van der Waals surface area contributed by atoms with Crippen LogP contribution in [0.25, 0.3) is 10.9 Å². The van der Waals surface area contributed by atoms with Crippen molar-refractivity contribution >= 4 is 22.7 Å². The fourth-order valence-electron chi connectivity index (χ4n) is 5.52. The van der Waals surface area contributed by atoms with Gasteiger partial charge in [0, 0.05) is 28.7 Å². The molecule has 38 heavy (non-hydrogen) atoms. The van der Waals surface area contributed by atoms with Crippen molar-refractivity contribution in [2.45, 2.75) is 57.2 Å². The number of aromatic nitrogens is 1. The highest BCUT2D eigenvalue weighted by Gasteiger charge is 2.33. The summed E-state index contributed by atoms with van der Waals surface area (Å²) >= 11 is 0. The fraction of sp³-hybridized carbons (Fsp3) is 0.312. The molecule has 6 nitrogen and oxygen atoms in total. The van der Waals surface area contributed by atoms with Gasteiger partial charge in [-0.15, -0.1) is 0 Å². The number of carbonyl (C=O) groups excluding carboxylic acids is 2. The molecule has 1 unspecified atom stereocenters. The van der Waals surface area contributed by atoms with Crippen molar-refractivity contribution in [3.8, 4) is 5.75 Å². The molecule has 1 saturated carbocycles. The molecule has 0 radical (unpaired) electrons. The molecule has 5 rings (SSSR count). The summed E-state index contributed by atoms with van der Waals surface area (Å²) in [5.74, 6) is 0.440. The number of hydrogen-bond donors (Lipinski definition) is 2. The Hall–Kier alpha value is -4.06. The molecule has 2 amide bonds. The average Bonchev–Trinajstić information content (AvgIpc) is 3.36. The van der Waals surface area contributed by atoms with E-state index in [4.69, 9.17) is 4.74 Å². The average molecular weight is 510 g/mol. The van der Waals surface area contributed by atoms with E-state index >= 15 is 0 Å². The lowest BCUT2D eigenvalue weighted by molar-refractivity contribution is -0.141. The number of para-hydroxylation sites is 2. The molecule has 196 valence electrons. The molecule has 3 aromatic carbocycles. The van der Waals surface area contributed by atoms with Gasteiger partial charge in [0.25, 0.3) is 0 Å². The van der Waals surface area contributed by atoms with Gasteiger partial charge in [-0.3, -0.25) is 9.59 Å². The minimum absolute atomic E-state index is 0.117. The molecule has 0 bridgehead atoms. The van der Waals surface area contributed by atoms with Crippen molar-refractivity contribution in [3.63, 3.8) is 0 Å². The van der Waals surface area contributed by atoms with Crippen LogP contribution in [0.1, 0.15) is 54.8 Å². The smallest absolute Gasteiger partial charge is 0.247 e. The van der Waals surface area contributed by atoms with Crippen molar-refractivity contribution in [1.29, 1.82) is 0 Å². The van der Waals surface area contributed by atoms with E-state index in [2.05, 4.69) is 10.3 Å². The standard InChI is InChI=1S/C32H35N3O3/c1-38-29-19-11-8-14-24(29)22-35(30(36)20-25-21-33-28-18-10-9-17-27(25)28)31(23-12-4-2-5-13-23)32(37)34-26-15-6-3-7-16-26/h2,4-5,8-14,17-19,21,26,31,33H,3,6-7,15-16,20,22H2,1H3,(H,34,37). The Kier molecular flexibility index (Phi) is 8.07. The molecule has 1 fully saturated rings. The van der Waals surface area contributed by atoms with Crippen LogP contribution in [-0.4, -0.2) is 34.8 Å². The van der Waals surface area contributed by atoms with Gasteiger partial charge in [-0.25, -0.2) is 0 Å². The number of fused-ring (bicyclic) bond motifs is 1.